The largest absolute Gasteiger partial charge is 0.354 e. The SMILES string of the molecule is CCCCNc1ncc2c(-c3ccc(S(=O)(=O)N4CCN(C)CC4)cc3)cn(C[C@H]3CC[C@H](N)CC3)c2n1. The molecule has 1 saturated carbocycles. The van der Waals surface area contributed by atoms with Crippen LogP contribution in [0.5, 0.6) is 0 Å². The lowest BCUT2D eigenvalue weighted by Gasteiger charge is -2.31. The van der Waals surface area contributed by atoms with Crippen LogP contribution >= 0.6 is 0 Å². The van der Waals surface area contributed by atoms with Crippen LogP contribution in [0.3, 0.4) is 0 Å². The zero-order valence-corrected chi connectivity index (χ0v) is 23.5. The highest BCUT2D eigenvalue weighted by Gasteiger charge is 2.27. The predicted molar refractivity (Wildman–Crippen MR) is 153 cm³/mol. The average molecular weight is 540 g/mol. The highest BCUT2D eigenvalue weighted by atomic mass is 32.2. The zero-order valence-electron chi connectivity index (χ0n) is 22.6. The van der Waals surface area contributed by atoms with Crippen molar-refractivity contribution in [3.8, 4) is 11.1 Å². The number of nitrogens with zero attached hydrogens (tertiary/aromatic N) is 5. The van der Waals surface area contributed by atoms with E-state index in [9.17, 15) is 8.42 Å². The third-order valence-corrected chi connectivity index (χ3v) is 9.95. The Balaban J connectivity index is 1.44. The van der Waals surface area contributed by atoms with Gasteiger partial charge in [0.2, 0.25) is 16.0 Å². The van der Waals surface area contributed by atoms with E-state index in [0.717, 1.165) is 86.9 Å². The number of benzene rings is 1. The molecule has 0 atom stereocenters. The molecule has 206 valence electrons. The van der Waals surface area contributed by atoms with Crippen molar-refractivity contribution in [2.75, 3.05) is 45.1 Å². The van der Waals surface area contributed by atoms with Gasteiger partial charge in [-0.1, -0.05) is 25.5 Å². The van der Waals surface area contributed by atoms with E-state index >= 15 is 0 Å². The molecule has 1 aliphatic carbocycles. The first-order valence-corrected chi connectivity index (χ1v) is 15.4. The molecule has 1 aliphatic heterocycles. The summed E-state index contributed by atoms with van der Waals surface area (Å²) in [6, 6.07) is 7.61. The van der Waals surface area contributed by atoms with E-state index in [2.05, 4.69) is 32.9 Å². The number of fused-ring (bicyclic) bond motifs is 1. The Kier molecular flexibility index (Phi) is 8.32. The summed E-state index contributed by atoms with van der Waals surface area (Å²) in [5.41, 5.74) is 9.06. The average Bonchev–Trinajstić information content (AvgIpc) is 3.28. The molecule has 3 N–H and O–H groups in total. The number of rotatable bonds is 9. The van der Waals surface area contributed by atoms with Gasteiger partial charge < -0.3 is 20.5 Å². The van der Waals surface area contributed by atoms with Gasteiger partial charge in [-0.2, -0.15) is 9.29 Å². The van der Waals surface area contributed by atoms with Crippen molar-refractivity contribution in [1.82, 2.24) is 23.7 Å². The number of sulfonamides is 1. The first-order valence-electron chi connectivity index (χ1n) is 14.0. The molecule has 0 bridgehead atoms. The smallest absolute Gasteiger partial charge is 0.243 e. The molecule has 3 heterocycles. The summed E-state index contributed by atoms with van der Waals surface area (Å²) in [7, 11) is -1.48. The molecule has 0 amide bonds. The van der Waals surface area contributed by atoms with Crippen LogP contribution in [-0.2, 0) is 16.6 Å². The Morgan fingerprint density at radius 3 is 2.45 bits per heavy atom. The van der Waals surface area contributed by atoms with Gasteiger partial charge in [0.1, 0.15) is 5.65 Å². The quantitative estimate of drug-likeness (QED) is 0.399. The zero-order chi connectivity index (χ0) is 26.7. The van der Waals surface area contributed by atoms with E-state index in [0.29, 0.717) is 35.9 Å². The third-order valence-electron chi connectivity index (χ3n) is 8.04. The van der Waals surface area contributed by atoms with Crippen molar-refractivity contribution in [2.45, 2.75) is 62.9 Å². The van der Waals surface area contributed by atoms with Gasteiger partial charge in [-0.15, -0.1) is 0 Å². The lowest BCUT2D eigenvalue weighted by molar-refractivity contribution is 0.222. The first-order chi connectivity index (χ1) is 18.3. The van der Waals surface area contributed by atoms with Crippen molar-refractivity contribution in [3.63, 3.8) is 0 Å². The number of anilines is 1. The summed E-state index contributed by atoms with van der Waals surface area (Å²) in [6.45, 7) is 6.45. The fraction of sp³-hybridized carbons (Fsp3) is 0.571. The van der Waals surface area contributed by atoms with Crippen LogP contribution in [0.4, 0.5) is 5.95 Å². The molecule has 9 nitrogen and oxygen atoms in total. The van der Waals surface area contributed by atoms with E-state index in [1.165, 1.54) is 0 Å². The number of nitrogens with one attached hydrogen (secondary N) is 1. The van der Waals surface area contributed by atoms with E-state index in [-0.39, 0.29) is 0 Å². The van der Waals surface area contributed by atoms with Crippen LogP contribution in [0.1, 0.15) is 45.4 Å². The monoisotopic (exact) mass is 539 g/mol. The van der Waals surface area contributed by atoms with Gasteiger partial charge in [-0.3, -0.25) is 0 Å². The molecule has 2 fully saturated rings. The number of likely N-dealkylation sites (N-methyl/N-ethyl adjacent to an activating group) is 1. The lowest BCUT2D eigenvalue weighted by Crippen LogP contribution is -2.46. The molecule has 10 heteroatoms. The summed E-state index contributed by atoms with van der Waals surface area (Å²) in [4.78, 5) is 12.0. The molecule has 0 spiro atoms. The summed E-state index contributed by atoms with van der Waals surface area (Å²) in [5.74, 6) is 1.22. The Morgan fingerprint density at radius 2 is 1.76 bits per heavy atom. The molecular formula is C28H41N7O2S. The fourth-order valence-corrected chi connectivity index (χ4v) is 6.95. The van der Waals surface area contributed by atoms with Gasteiger partial charge in [0, 0.05) is 68.7 Å². The number of unbranched alkanes of at least 4 members (excludes halogenated alkanes) is 1. The van der Waals surface area contributed by atoms with Crippen LogP contribution in [0, 0.1) is 5.92 Å². The molecule has 0 unspecified atom stereocenters. The second kappa shape index (κ2) is 11.7. The maximum absolute atomic E-state index is 13.2. The summed E-state index contributed by atoms with van der Waals surface area (Å²) in [6.07, 6.45) is 10.6. The second-order valence-corrected chi connectivity index (χ2v) is 12.9. The highest BCUT2D eigenvalue weighted by Crippen LogP contribution is 2.33. The third kappa shape index (κ3) is 5.88. The van der Waals surface area contributed by atoms with Crippen LogP contribution in [0.25, 0.3) is 22.2 Å². The van der Waals surface area contributed by atoms with E-state index in [1.54, 1.807) is 16.4 Å². The molecule has 2 aliphatic rings. The van der Waals surface area contributed by atoms with Crippen molar-refractivity contribution in [3.05, 3.63) is 36.7 Å². The molecule has 38 heavy (non-hydrogen) atoms. The minimum Gasteiger partial charge on any atom is -0.354 e. The van der Waals surface area contributed by atoms with E-state index in [1.807, 2.05) is 25.4 Å². The first kappa shape index (κ1) is 27.1. The normalized spacial score (nSPS) is 21.7. The number of nitrogens with two attached hydrogens (primary N) is 1. The number of aromatic nitrogens is 3. The molecule has 1 aromatic carbocycles. The van der Waals surface area contributed by atoms with Gasteiger partial charge in [-0.05, 0) is 62.8 Å². The Labute approximate surface area is 226 Å². The van der Waals surface area contributed by atoms with Crippen LogP contribution in [0.2, 0.25) is 0 Å². The number of piperazine rings is 1. The summed E-state index contributed by atoms with van der Waals surface area (Å²) in [5, 5.41) is 4.33. The van der Waals surface area contributed by atoms with E-state index < -0.39 is 10.0 Å². The van der Waals surface area contributed by atoms with Crippen LogP contribution in [0.15, 0.2) is 41.6 Å². The van der Waals surface area contributed by atoms with Crippen molar-refractivity contribution in [2.24, 2.45) is 11.7 Å². The molecule has 1 saturated heterocycles. The Bertz CT molecular complexity index is 1320. The van der Waals surface area contributed by atoms with Crippen LogP contribution < -0.4 is 11.1 Å². The minimum absolute atomic E-state index is 0.320. The molecule has 0 radical (unpaired) electrons. The number of hydrogen-bond acceptors (Lipinski definition) is 7. The maximum Gasteiger partial charge on any atom is 0.243 e. The van der Waals surface area contributed by atoms with Gasteiger partial charge >= 0.3 is 0 Å². The van der Waals surface area contributed by atoms with Gasteiger partial charge in [0.15, 0.2) is 0 Å². The van der Waals surface area contributed by atoms with E-state index in [4.69, 9.17) is 10.7 Å². The fourth-order valence-electron chi connectivity index (χ4n) is 5.53. The predicted octanol–water partition coefficient (Wildman–Crippen LogP) is 3.76. The van der Waals surface area contributed by atoms with Crippen LogP contribution in [-0.4, -0.2) is 78.0 Å². The maximum atomic E-state index is 13.2. The Hall–Kier alpha value is -2.53. The summed E-state index contributed by atoms with van der Waals surface area (Å²) >= 11 is 0. The molecular weight excluding hydrogens is 498 g/mol. The highest BCUT2D eigenvalue weighted by molar-refractivity contribution is 7.89. The van der Waals surface area contributed by atoms with Crippen molar-refractivity contribution < 1.29 is 8.42 Å². The van der Waals surface area contributed by atoms with Gasteiger partial charge in [0.05, 0.1) is 4.90 Å². The standard InChI is InChI=1S/C28H41N7O2S/c1-3-4-13-30-28-31-18-25-26(20-34(27(25)32-28)19-21-5-9-23(29)10-6-21)22-7-11-24(12-8-22)38(36,37)35-16-14-33(2)15-17-35/h7-8,11-12,18,20-21,23H,3-6,9-10,13-17,19,29H2,1-2H3,(H,30,31,32)/t21-,23-. The lowest BCUT2D eigenvalue weighted by atomic mass is 9.86. The summed E-state index contributed by atoms with van der Waals surface area (Å²) < 4.78 is 30.3. The topological polar surface area (TPSA) is 109 Å². The van der Waals surface area contributed by atoms with Crippen molar-refractivity contribution in [1.29, 1.82) is 0 Å². The second-order valence-electron chi connectivity index (χ2n) is 10.9. The number of hydrogen-bond donors (Lipinski definition) is 2. The molecule has 2 aromatic heterocycles. The van der Waals surface area contributed by atoms with Crippen molar-refractivity contribution >= 4 is 27.0 Å². The molecule has 5 rings (SSSR count). The minimum atomic E-state index is -3.50. The van der Waals surface area contributed by atoms with Gasteiger partial charge in [-0.25, -0.2) is 13.4 Å². The Morgan fingerprint density at radius 1 is 1.05 bits per heavy atom. The van der Waals surface area contributed by atoms with Gasteiger partial charge in [0.25, 0.3) is 0 Å². The molecule has 3 aromatic rings.